The summed E-state index contributed by atoms with van der Waals surface area (Å²) in [6, 6.07) is 85.4. The van der Waals surface area contributed by atoms with Gasteiger partial charge in [-0.25, -0.2) is 0 Å². The van der Waals surface area contributed by atoms with Crippen molar-refractivity contribution in [2.45, 2.75) is 0 Å². The lowest BCUT2D eigenvalue weighted by Gasteiger charge is -2.21. The molecule has 0 aliphatic carbocycles. The number of hydrogen-bond donors (Lipinski definition) is 0. The van der Waals surface area contributed by atoms with E-state index in [0.717, 1.165) is 0 Å². The van der Waals surface area contributed by atoms with E-state index in [0.29, 0.717) is 0 Å². The van der Waals surface area contributed by atoms with Crippen molar-refractivity contribution in [2.24, 2.45) is 0 Å². The molecule has 0 saturated carbocycles. The molecule has 0 atom stereocenters. The monoisotopic (exact) mass is 758 g/mol. The molecule has 0 radical (unpaired) electrons. The fraction of sp³-hybridized carbons (Fsp3) is 0. The highest BCUT2D eigenvalue weighted by molar-refractivity contribution is 6.25. The molecular formula is C60H38. The Labute approximate surface area is 349 Å². The summed E-state index contributed by atoms with van der Waals surface area (Å²) < 4.78 is 0. The highest BCUT2D eigenvalue weighted by Gasteiger charge is 2.21. The van der Waals surface area contributed by atoms with Crippen LogP contribution in [0, 0.1) is 0 Å². The van der Waals surface area contributed by atoms with E-state index in [4.69, 9.17) is 0 Å². The standard InChI is InChI=1S/C60H38/c1-2-17-43-35-45(30-29-39(43)13-1)44-21-9-22-48(36-44)59-55-33-31-47(53-27-11-19-41-15-4-7-24-50(41)53)38-58(55)60(54-28-12-20-42-16-5-8-25-51(42)54)56-34-32-46(37-57(56)59)52-26-10-18-40-14-3-6-23-49(40)52/h1-38H. The molecule has 0 N–H and O–H groups in total. The summed E-state index contributed by atoms with van der Waals surface area (Å²) in [5.41, 5.74) is 12.3. The molecule has 0 saturated heterocycles. The molecule has 0 aliphatic heterocycles. The summed E-state index contributed by atoms with van der Waals surface area (Å²) in [6.07, 6.45) is 0. The van der Waals surface area contributed by atoms with Crippen molar-refractivity contribution >= 4 is 64.6 Å². The van der Waals surface area contributed by atoms with Crippen molar-refractivity contribution in [1.82, 2.24) is 0 Å². The lowest BCUT2D eigenvalue weighted by atomic mass is 9.82. The Bertz CT molecular complexity index is 3650. The maximum absolute atomic E-state index is 2.46. The van der Waals surface area contributed by atoms with Crippen LogP contribution in [0.2, 0.25) is 0 Å². The summed E-state index contributed by atoms with van der Waals surface area (Å²) in [5, 5.41) is 15.0. The van der Waals surface area contributed by atoms with Gasteiger partial charge in [-0.05, 0) is 145 Å². The minimum atomic E-state index is 1.20. The molecule has 0 aliphatic rings. The molecule has 0 heterocycles. The number of benzene rings is 12. The van der Waals surface area contributed by atoms with Crippen molar-refractivity contribution in [3.63, 3.8) is 0 Å². The Hall–Kier alpha value is -7.80. The average Bonchev–Trinajstić information content (AvgIpc) is 3.32. The molecule has 0 aromatic heterocycles. The Morgan fingerprint density at radius 1 is 0.167 bits per heavy atom. The second-order valence-electron chi connectivity index (χ2n) is 16.0. The molecule has 12 rings (SSSR count). The van der Waals surface area contributed by atoms with Crippen LogP contribution in [-0.4, -0.2) is 0 Å². The first kappa shape index (κ1) is 34.3. The second-order valence-corrected chi connectivity index (χ2v) is 16.0. The van der Waals surface area contributed by atoms with Gasteiger partial charge in [0, 0.05) is 0 Å². The molecule has 12 aromatic rings. The summed E-state index contributed by atoms with van der Waals surface area (Å²) in [5.74, 6) is 0. The third-order valence-corrected chi connectivity index (χ3v) is 12.6. The van der Waals surface area contributed by atoms with E-state index in [1.807, 2.05) is 0 Å². The van der Waals surface area contributed by atoms with E-state index in [2.05, 4.69) is 231 Å². The van der Waals surface area contributed by atoms with Gasteiger partial charge in [-0.15, -0.1) is 0 Å². The van der Waals surface area contributed by atoms with Crippen LogP contribution in [-0.2, 0) is 0 Å². The lowest BCUT2D eigenvalue weighted by molar-refractivity contribution is 1.62. The molecule has 0 nitrogen and oxygen atoms in total. The predicted molar refractivity (Wildman–Crippen MR) is 259 cm³/mol. The van der Waals surface area contributed by atoms with Gasteiger partial charge in [-0.3, -0.25) is 0 Å². The van der Waals surface area contributed by atoms with Crippen molar-refractivity contribution in [1.29, 1.82) is 0 Å². The molecular weight excluding hydrogens is 721 g/mol. The molecule has 278 valence electrons. The first-order valence-corrected chi connectivity index (χ1v) is 20.8. The Morgan fingerprint density at radius 2 is 0.583 bits per heavy atom. The van der Waals surface area contributed by atoms with E-state index in [1.54, 1.807) is 0 Å². The molecule has 0 heteroatoms. The maximum atomic E-state index is 2.46. The Morgan fingerprint density at radius 3 is 1.20 bits per heavy atom. The fourth-order valence-electron chi connectivity index (χ4n) is 9.79. The van der Waals surface area contributed by atoms with Gasteiger partial charge in [0.05, 0.1) is 0 Å². The van der Waals surface area contributed by atoms with E-state index in [1.165, 1.54) is 120 Å². The van der Waals surface area contributed by atoms with E-state index >= 15 is 0 Å². The van der Waals surface area contributed by atoms with E-state index in [9.17, 15) is 0 Å². The van der Waals surface area contributed by atoms with Gasteiger partial charge in [0.2, 0.25) is 0 Å². The lowest BCUT2D eigenvalue weighted by Crippen LogP contribution is -1.94. The van der Waals surface area contributed by atoms with Crippen molar-refractivity contribution in [3.05, 3.63) is 231 Å². The average molecular weight is 759 g/mol. The zero-order chi connectivity index (χ0) is 39.6. The number of fused-ring (bicyclic) bond motifs is 6. The second kappa shape index (κ2) is 13.9. The highest BCUT2D eigenvalue weighted by Crippen LogP contribution is 2.48. The van der Waals surface area contributed by atoms with Crippen molar-refractivity contribution in [2.75, 3.05) is 0 Å². The van der Waals surface area contributed by atoms with Crippen LogP contribution in [0.4, 0.5) is 0 Å². The molecule has 12 aromatic carbocycles. The van der Waals surface area contributed by atoms with Crippen LogP contribution >= 0.6 is 0 Å². The molecule has 0 fully saturated rings. The van der Waals surface area contributed by atoms with Crippen LogP contribution in [0.3, 0.4) is 0 Å². The third-order valence-electron chi connectivity index (χ3n) is 12.6. The van der Waals surface area contributed by atoms with Crippen molar-refractivity contribution < 1.29 is 0 Å². The van der Waals surface area contributed by atoms with Gasteiger partial charge in [0.25, 0.3) is 0 Å². The summed E-state index contributed by atoms with van der Waals surface area (Å²) in [6.45, 7) is 0. The van der Waals surface area contributed by atoms with Crippen LogP contribution in [0.5, 0.6) is 0 Å². The quantitative estimate of drug-likeness (QED) is 0.153. The van der Waals surface area contributed by atoms with Gasteiger partial charge < -0.3 is 0 Å². The third kappa shape index (κ3) is 5.61. The van der Waals surface area contributed by atoms with Gasteiger partial charge in [-0.1, -0.05) is 206 Å². The largest absolute Gasteiger partial charge is 0.0616 e. The van der Waals surface area contributed by atoms with Gasteiger partial charge in [0.15, 0.2) is 0 Å². The molecule has 60 heavy (non-hydrogen) atoms. The normalized spacial score (nSPS) is 11.7. The smallest absolute Gasteiger partial charge is 0.00199 e. The first-order chi connectivity index (χ1) is 29.7. The van der Waals surface area contributed by atoms with Crippen LogP contribution in [0.1, 0.15) is 0 Å². The maximum Gasteiger partial charge on any atom is -0.00199 e. The molecule has 0 amide bonds. The summed E-state index contributed by atoms with van der Waals surface area (Å²) >= 11 is 0. The minimum Gasteiger partial charge on any atom is -0.0616 e. The van der Waals surface area contributed by atoms with Crippen LogP contribution in [0.25, 0.3) is 120 Å². The zero-order valence-electron chi connectivity index (χ0n) is 32.9. The summed E-state index contributed by atoms with van der Waals surface area (Å²) in [4.78, 5) is 0. The topological polar surface area (TPSA) is 0 Å². The Balaban J connectivity index is 1.21. The van der Waals surface area contributed by atoms with E-state index < -0.39 is 0 Å². The highest BCUT2D eigenvalue weighted by atomic mass is 14.2. The number of rotatable bonds is 5. The predicted octanol–water partition coefficient (Wildman–Crippen LogP) is 16.9. The van der Waals surface area contributed by atoms with Gasteiger partial charge >= 0.3 is 0 Å². The zero-order valence-corrected chi connectivity index (χ0v) is 32.9. The molecule has 0 unspecified atom stereocenters. The SMILES string of the molecule is c1cc(-c2ccc3ccccc3c2)cc(-c2c3cc(-c4cccc5ccccc45)ccc3c(-c3cccc4ccccc34)c3cc(-c4cccc5ccccc45)ccc23)c1. The van der Waals surface area contributed by atoms with Gasteiger partial charge in [0.1, 0.15) is 0 Å². The molecule has 0 bridgehead atoms. The molecule has 0 spiro atoms. The summed E-state index contributed by atoms with van der Waals surface area (Å²) in [7, 11) is 0. The van der Waals surface area contributed by atoms with Gasteiger partial charge in [-0.2, -0.15) is 0 Å². The van der Waals surface area contributed by atoms with E-state index in [-0.39, 0.29) is 0 Å². The fourth-order valence-corrected chi connectivity index (χ4v) is 9.79. The Kier molecular flexibility index (Phi) is 7.96. The van der Waals surface area contributed by atoms with Crippen molar-refractivity contribution in [3.8, 4) is 55.6 Å². The first-order valence-electron chi connectivity index (χ1n) is 20.8. The number of hydrogen-bond acceptors (Lipinski definition) is 0. The van der Waals surface area contributed by atoms with Crippen LogP contribution in [0.15, 0.2) is 231 Å². The van der Waals surface area contributed by atoms with Crippen LogP contribution < -0.4 is 0 Å². The minimum absolute atomic E-state index is 1.20.